The molecule has 0 saturated heterocycles. The van der Waals surface area contributed by atoms with E-state index in [0.29, 0.717) is 16.6 Å². The number of phenolic OH excluding ortho intramolecular Hbond substituents is 1. The summed E-state index contributed by atoms with van der Waals surface area (Å²) in [5.74, 6) is -2.42. The van der Waals surface area contributed by atoms with E-state index >= 15 is 0 Å². The van der Waals surface area contributed by atoms with Gasteiger partial charge in [0.15, 0.2) is 6.23 Å². The Bertz CT molecular complexity index is 1460. The maximum atomic E-state index is 13.1. The normalized spacial score (nSPS) is 13.0. The summed E-state index contributed by atoms with van der Waals surface area (Å²) in [4.78, 5) is 12.6. The van der Waals surface area contributed by atoms with Gasteiger partial charge in [0, 0.05) is 17.1 Å². The van der Waals surface area contributed by atoms with E-state index in [1.165, 1.54) is 18.2 Å². The highest BCUT2D eigenvalue weighted by Gasteiger charge is 2.33. The quantitative estimate of drug-likeness (QED) is 0.207. The van der Waals surface area contributed by atoms with Gasteiger partial charge in [-0.05, 0) is 54.6 Å². The van der Waals surface area contributed by atoms with E-state index in [0.717, 1.165) is 37.4 Å². The van der Waals surface area contributed by atoms with Crippen LogP contribution in [0.15, 0.2) is 70.0 Å². The Morgan fingerprint density at radius 2 is 1.62 bits per heavy atom. The molecule has 1 amide bonds. The van der Waals surface area contributed by atoms with E-state index in [4.69, 9.17) is 4.74 Å². The number of hydrogen-bond acceptors (Lipinski definition) is 6. The van der Waals surface area contributed by atoms with Gasteiger partial charge in [-0.25, -0.2) is 8.42 Å². The van der Waals surface area contributed by atoms with Gasteiger partial charge in [0.1, 0.15) is 11.5 Å². The van der Waals surface area contributed by atoms with Crippen LogP contribution in [0.1, 0.15) is 27.7 Å². The van der Waals surface area contributed by atoms with Gasteiger partial charge in [0.05, 0.1) is 21.7 Å². The molecule has 0 radical (unpaired) electrons. The number of aromatic hydroxyl groups is 1. The molecule has 0 bridgehead atoms. The number of ether oxygens (including phenoxy) is 2. The van der Waals surface area contributed by atoms with Crippen LogP contribution in [0.4, 0.5) is 32.0 Å². The van der Waals surface area contributed by atoms with Crippen LogP contribution in [0.3, 0.4) is 0 Å². The molecule has 3 N–H and O–H groups in total. The van der Waals surface area contributed by atoms with Crippen LogP contribution in [0.2, 0.25) is 0 Å². The number of anilines is 1. The van der Waals surface area contributed by atoms with Gasteiger partial charge < -0.3 is 19.9 Å². The minimum Gasteiger partial charge on any atom is -0.507 e. The lowest BCUT2D eigenvalue weighted by atomic mass is 10.1. The van der Waals surface area contributed by atoms with E-state index < -0.39 is 56.7 Å². The fourth-order valence-electron chi connectivity index (χ4n) is 3.22. The molecule has 0 aliphatic rings. The van der Waals surface area contributed by atoms with E-state index in [2.05, 4.69) is 30.7 Å². The fraction of sp³-hybridized carbons (Fsp3) is 0.174. The number of sulfonamides is 1. The number of carbonyl (C=O) groups is 1. The minimum atomic E-state index is -4.98. The second kappa shape index (κ2) is 11.3. The van der Waals surface area contributed by atoms with Crippen LogP contribution in [0.5, 0.6) is 11.5 Å². The van der Waals surface area contributed by atoms with E-state index in [1.807, 2.05) is 0 Å². The van der Waals surface area contributed by atoms with Crippen molar-refractivity contribution in [2.75, 3.05) is 11.8 Å². The van der Waals surface area contributed by atoms with Crippen molar-refractivity contribution in [2.24, 2.45) is 0 Å². The molecule has 3 aromatic rings. The summed E-state index contributed by atoms with van der Waals surface area (Å²) in [6, 6.07) is 9.17. The molecule has 8 nitrogen and oxygen atoms in total. The van der Waals surface area contributed by atoms with Gasteiger partial charge in [0.25, 0.3) is 15.9 Å². The van der Waals surface area contributed by atoms with Crippen LogP contribution in [0, 0.1) is 0 Å². The molecule has 1 unspecified atom stereocenters. The van der Waals surface area contributed by atoms with Crippen molar-refractivity contribution < 1.29 is 54.1 Å². The number of alkyl halides is 6. The van der Waals surface area contributed by atoms with Crippen molar-refractivity contribution in [1.29, 1.82) is 0 Å². The lowest BCUT2D eigenvalue weighted by Crippen LogP contribution is -2.30. The zero-order valence-corrected chi connectivity index (χ0v) is 21.8. The van der Waals surface area contributed by atoms with Gasteiger partial charge in [0.2, 0.25) is 0 Å². The number of benzene rings is 3. The fourth-order valence-corrected chi connectivity index (χ4v) is 4.66. The van der Waals surface area contributed by atoms with Gasteiger partial charge >= 0.3 is 12.5 Å². The number of methoxy groups -OCH3 is 1. The van der Waals surface area contributed by atoms with Crippen LogP contribution in [0.25, 0.3) is 0 Å². The van der Waals surface area contributed by atoms with E-state index in [1.54, 1.807) is 0 Å². The maximum Gasteiger partial charge on any atom is 0.573 e. The number of amides is 1. The molecule has 0 aliphatic heterocycles. The highest BCUT2D eigenvalue weighted by atomic mass is 79.9. The number of carbonyl (C=O) groups excluding carboxylic acids is 1. The average Bonchev–Trinajstić information content (AvgIpc) is 2.82. The molecule has 0 heterocycles. The Labute approximate surface area is 225 Å². The number of rotatable bonds is 8. The van der Waals surface area contributed by atoms with Crippen molar-refractivity contribution in [3.8, 4) is 11.5 Å². The molecule has 210 valence electrons. The van der Waals surface area contributed by atoms with Crippen molar-refractivity contribution in [3.05, 3.63) is 81.8 Å². The Kier molecular flexibility index (Phi) is 8.72. The van der Waals surface area contributed by atoms with Gasteiger partial charge in [-0.3, -0.25) is 9.52 Å². The first kappa shape index (κ1) is 30.0. The number of phenols is 1. The van der Waals surface area contributed by atoms with Crippen molar-refractivity contribution >= 4 is 37.5 Å². The number of halogens is 7. The molecule has 16 heteroatoms. The zero-order chi connectivity index (χ0) is 29.2. The summed E-state index contributed by atoms with van der Waals surface area (Å²) in [6.07, 6.45) is -11.1. The van der Waals surface area contributed by atoms with Crippen molar-refractivity contribution in [3.63, 3.8) is 0 Å². The Hall–Kier alpha value is -3.50. The summed E-state index contributed by atoms with van der Waals surface area (Å²) >= 11 is 3.15. The molecule has 0 saturated carbocycles. The number of nitrogens with one attached hydrogen (secondary N) is 2. The highest BCUT2D eigenvalue weighted by molar-refractivity contribution is 9.10. The summed E-state index contributed by atoms with van der Waals surface area (Å²) < 4.78 is 113. The standard InChI is InChI=1S/C23H17BrF6N2O6S/c1-37-21(16-8-2-12(10-19(16)33)22(25,26)27)31-20(34)17-11-13(24)3-9-18(17)32-39(35,36)15-6-4-14(5-7-15)38-23(28,29)30/h2-11,21,32-33H,1H3,(H,31,34). The molecule has 0 spiro atoms. The first-order valence-electron chi connectivity index (χ1n) is 10.4. The van der Waals surface area contributed by atoms with Gasteiger partial charge in [-0.15, -0.1) is 13.2 Å². The SMILES string of the molecule is COC(NC(=O)c1cc(Br)ccc1NS(=O)(=O)c1ccc(OC(F)(F)F)cc1)c1ccc(C(F)(F)F)cc1O. The van der Waals surface area contributed by atoms with Crippen LogP contribution in [-0.4, -0.2) is 32.9 Å². The predicted octanol–water partition coefficient (Wildman–Crippen LogP) is 5.95. The maximum absolute atomic E-state index is 13.1. The van der Waals surface area contributed by atoms with Crippen LogP contribution >= 0.6 is 15.9 Å². The molecular formula is C23H17BrF6N2O6S. The molecule has 0 fully saturated rings. The molecular weight excluding hydrogens is 626 g/mol. The topological polar surface area (TPSA) is 114 Å². The largest absolute Gasteiger partial charge is 0.573 e. The zero-order valence-electron chi connectivity index (χ0n) is 19.4. The summed E-state index contributed by atoms with van der Waals surface area (Å²) in [7, 11) is -3.30. The second-order valence-corrected chi connectivity index (χ2v) is 10.3. The summed E-state index contributed by atoms with van der Waals surface area (Å²) in [5.41, 5.74) is -1.86. The van der Waals surface area contributed by atoms with Gasteiger partial charge in [-0.2, -0.15) is 13.2 Å². The average molecular weight is 643 g/mol. The predicted molar refractivity (Wildman–Crippen MR) is 128 cm³/mol. The molecule has 3 rings (SSSR count). The second-order valence-electron chi connectivity index (χ2n) is 7.68. The van der Waals surface area contributed by atoms with Crippen molar-refractivity contribution in [1.82, 2.24) is 5.32 Å². The third-order valence-electron chi connectivity index (χ3n) is 4.98. The molecule has 0 aliphatic carbocycles. The summed E-state index contributed by atoms with van der Waals surface area (Å²) in [5, 5.41) is 12.4. The molecule has 3 aromatic carbocycles. The molecule has 1 atom stereocenters. The Balaban J connectivity index is 1.87. The lowest BCUT2D eigenvalue weighted by Gasteiger charge is -2.21. The minimum absolute atomic E-state index is 0.211. The van der Waals surface area contributed by atoms with Crippen LogP contribution in [-0.2, 0) is 20.9 Å². The van der Waals surface area contributed by atoms with E-state index in [9.17, 15) is 44.7 Å². The third kappa shape index (κ3) is 7.77. The first-order valence-corrected chi connectivity index (χ1v) is 12.7. The highest BCUT2D eigenvalue weighted by Crippen LogP contribution is 2.35. The van der Waals surface area contributed by atoms with Crippen molar-refractivity contribution in [2.45, 2.75) is 23.7 Å². The number of hydrogen-bond donors (Lipinski definition) is 3. The lowest BCUT2D eigenvalue weighted by molar-refractivity contribution is -0.274. The third-order valence-corrected chi connectivity index (χ3v) is 6.85. The first-order chi connectivity index (χ1) is 18.0. The Morgan fingerprint density at radius 1 is 0.974 bits per heavy atom. The monoisotopic (exact) mass is 642 g/mol. The van der Waals surface area contributed by atoms with Crippen LogP contribution < -0.4 is 14.8 Å². The summed E-state index contributed by atoms with van der Waals surface area (Å²) in [6.45, 7) is 0. The molecule has 0 aromatic heterocycles. The van der Waals surface area contributed by atoms with E-state index in [-0.39, 0.29) is 16.8 Å². The Morgan fingerprint density at radius 3 is 2.15 bits per heavy atom. The molecule has 39 heavy (non-hydrogen) atoms. The van der Waals surface area contributed by atoms with Gasteiger partial charge in [-0.1, -0.05) is 22.0 Å². The smallest absolute Gasteiger partial charge is 0.507 e.